The van der Waals surface area contributed by atoms with Gasteiger partial charge in [0.25, 0.3) is 0 Å². The van der Waals surface area contributed by atoms with Crippen LogP contribution in [-0.2, 0) is 30.0 Å². The molecule has 7 nitrogen and oxygen atoms in total. The molecule has 3 aliphatic heterocycles. The van der Waals surface area contributed by atoms with E-state index in [9.17, 15) is 27.6 Å². The number of nitriles is 1. The number of esters is 1. The maximum absolute atomic E-state index is 13.3. The van der Waals surface area contributed by atoms with Gasteiger partial charge in [0.2, 0.25) is 11.8 Å². The molecule has 3 fully saturated rings. The maximum Gasteiger partial charge on any atom is 0.417 e. The number of anilines is 1. The molecule has 3 aliphatic rings. The predicted octanol–water partition coefficient (Wildman–Crippen LogP) is 2.57. The van der Waals surface area contributed by atoms with E-state index < -0.39 is 64.2 Å². The first kappa shape index (κ1) is 20.3. The van der Waals surface area contributed by atoms with Crippen LogP contribution in [0, 0.1) is 23.2 Å². The van der Waals surface area contributed by atoms with Gasteiger partial charge in [-0.25, -0.2) is 4.90 Å². The molecule has 30 heavy (non-hydrogen) atoms. The van der Waals surface area contributed by atoms with Crippen LogP contribution in [0.1, 0.15) is 38.3 Å². The SMILES string of the molecule is CC(=O)O[C@H]1C[C@@]2(C)O[C@]1(C)[C@@H]1C(=O)N(c3ccc(C#N)c(C(F)(F)F)c3)C(=O)[C@@H]12. The normalized spacial score (nSPS) is 34.8. The molecule has 0 aliphatic carbocycles. The van der Waals surface area contributed by atoms with E-state index in [1.165, 1.54) is 13.0 Å². The lowest BCUT2D eigenvalue weighted by Crippen LogP contribution is -2.50. The van der Waals surface area contributed by atoms with Crippen LogP contribution in [0.15, 0.2) is 18.2 Å². The second kappa shape index (κ2) is 6.04. The number of carbonyl (C=O) groups excluding carboxylic acids is 3. The highest BCUT2D eigenvalue weighted by molar-refractivity contribution is 6.23. The van der Waals surface area contributed by atoms with Crippen LogP contribution in [0.3, 0.4) is 0 Å². The second-order valence-electron chi connectivity index (χ2n) is 8.21. The third-order valence-corrected chi connectivity index (χ3v) is 6.26. The highest BCUT2D eigenvalue weighted by Gasteiger charge is 2.76. The molecule has 5 atom stereocenters. The number of fused-ring (bicyclic) bond motifs is 5. The number of carbonyl (C=O) groups is 3. The monoisotopic (exact) mass is 422 g/mol. The van der Waals surface area contributed by atoms with Crippen molar-refractivity contribution in [3.63, 3.8) is 0 Å². The van der Waals surface area contributed by atoms with Crippen LogP contribution in [0.2, 0.25) is 0 Å². The molecular weight excluding hydrogens is 405 g/mol. The Morgan fingerprint density at radius 2 is 1.90 bits per heavy atom. The minimum absolute atomic E-state index is 0.193. The Morgan fingerprint density at radius 3 is 2.47 bits per heavy atom. The molecule has 0 saturated carbocycles. The van der Waals surface area contributed by atoms with Gasteiger partial charge in [-0.2, -0.15) is 18.4 Å². The first-order valence-corrected chi connectivity index (χ1v) is 9.20. The lowest BCUT2D eigenvalue weighted by molar-refractivity contribution is -0.159. The van der Waals surface area contributed by atoms with Gasteiger partial charge in [0, 0.05) is 13.3 Å². The fourth-order valence-corrected chi connectivity index (χ4v) is 5.11. The number of amides is 2. The van der Waals surface area contributed by atoms with Gasteiger partial charge >= 0.3 is 12.1 Å². The first-order chi connectivity index (χ1) is 13.8. The molecule has 0 spiro atoms. The fraction of sp³-hybridized carbons (Fsp3) is 0.500. The van der Waals surface area contributed by atoms with Crippen molar-refractivity contribution in [1.29, 1.82) is 5.26 Å². The summed E-state index contributed by atoms with van der Waals surface area (Å²) in [5, 5.41) is 8.96. The summed E-state index contributed by atoms with van der Waals surface area (Å²) in [5.41, 5.74) is -4.47. The quantitative estimate of drug-likeness (QED) is 0.537. The summed E-state index contributed by atoms with van der Waals surface area (Å²) in [6, 6.07) is 4.17. The van der Waals surface area contributed by atoms with Crippen molar-refractivity contribution in [2.45, 2.75) is 50.7 Å². The van der Waals surface area contributed by atoms with Crippen molar-refractivity contribution < 1.29 is 37.0 Å². The van der Waals surface area contributed by atoms with Crippen molar-refractivity contribution in [3.05, 3.63) is 29.3 Å². The summed E-state index contributed by atoms with van der Waals surface area (Å²) in [6.07, 6.45) is -5.40. The molecule has 0 radical (unpaired) electrons. The zero-order valence-corrected chi connectivity index (χ0v) is 16.2. The van der Waals surface area contributed by atoms with E-state index in [0.717, 1.165) is 17.0 Å². The van der Waals surface area contributed by atoms with Gasteiger partial charge in [-0.1, -0.05) is 0 Å². The Kier molecular flexibility index (Phi) is 4.10. The number of imide groups is 1. The highest BCUT2D eigenvalue weighted by Crippen LogP contribution is 2.61. The van der Waals surface area contributed by atoms with Gasteiger partial charge in [0.15, 0.2) is 0 Å². The third-order valence-electron chi connectivity index (χ3n) is 6.26. The van der Waals surface area contributed by atoms with Gasteiger partial charge in [0.1, 0.15) is 11.7 Å². The van der Waals surface area contributed by atoms with E-state index in [1.54, 1.807) is 13.8 Å². The van der Waals surface area contributed by atoms with Crippen LogP contribution in [0.25, 0.3) is 0 Å². The van der Waals surface area contributed by atoms with Crippen molar-refractivity contribution in [2.75, 3.05) is 4.90 Å². The van der Waals surface area contributed by atoms with E-state index >= 15 is 0 Å². The van der Waals surface area contributed by atoms with Crippen LogP contribution >= 0.6 is 0 Å². The van der Waals surface area contributed by atoms with Gasteiger partial charge < -0.3 is 9.47 Å². The Hall–Kier alpha value is -2.93. The number of ether oxygens (including phenoxy) is 2. The summed E-state index contributed by atoms with van der Waals surface area (Å²) in [6.45, 7) is 4.43. The molecule has 1 aromatic carbocycles. The van der Waals surface area contributed by atoms with E-state index in [0.29, 0.717) is 6.07 Å². The minimum atomic E-state index is -4.83. The van der Waals surface area contributed by atoms with Crippen molar-refractivity contribution in [1.82, 2.24) is 0 Å². The van der Waals surface area contributed by atoms with Gasteiger partial charge in [-0.3, -0.25) is 14.4 Å². The second-order valence-corrected chi connectivity index (χ2v) is 8.21. The predicted molar refractivity (Wildman–Crippen MR) is 93.7 cm³/mol. The number of benzene rings is 1. The van der Waals surface area contributed by atoms with Crippen LogP contribution in [0.4, 0.5) is 18.9 Å². The van der Waals surface area contributed by atoms with E-state index in [2.05, 4.69) is 0 Å². The molecule has 3 heterocycles. The molecule has 2 bridgehead atoms. The lowest BCUT2D eigenvalue weighted by Gasteiger charge is -2.34. The Bertz CT molecular complexity index is 1030. The number of hydrogen-bond donors (Lipinski definition) is 0. The molecule has 0 aromatic heterocycles. The number of rotatable bonds is 2. The maximum atomic E-state index is 13.3. The van der Waals surface area contributed by atoms with Gasteiger partial charge in [0.05, 0.1) is 40.3 Å². The summed E-state index contributed by atoms with van der Waals surface area (Å²) >= 11 is 0. The molecule has 1 aromatic rings. The molecule has 0 unspecified atom stereocenters. The smallest absolute Gasteiger partial charge is 0.417 e. The van der Waals surface area contributed by atoms with E-state index in [1.807, 2.05) is 0 Å². The Labute approximate surface area is 169 Å². The van der Waals surface area contributed by atoms with Crippen molar-refractivity contribution in [2.24, 2.45) is 11.8 Å². The average molecular weight is 422 g/mol. The Morgan fingerprint density at radius 1 is 1.27 bits per heavy atom. The van der Waals surface area contributed by atoms with Crippen molar-refractivity contribution in [3.8, 4) is 6.07 Å². The molecular formula is C20H17F3N2O5. The number of alkyl halides is 3. The van der Waals surface area contributed by atoms with Gasteiger partial charge in [-0.05, 0) is 32.0 Å². The van der Waals surface area contributed by atoms with E-state index in [-0.39, 0.29) is 12.1 Å². The lowest BCUT2D eigenvalue weighted by atomic mass is 9.67. The van der Waals surface area contributed by atoms with Crippen LogP contribution < -0.4 is 4.90 Å². The molecule has 158 valence electrons. The van der Waals surface area contributed by atoms with Crippen molar-refractivity contribution >= 4 is 23.5 Å². The summed E-state index contributed by atoms with van der Waals surface area (Å²) in [7, 11) is 0. The molecule has 4 rings (SSSR count). The molecule has 3 saturated heterocycles. The van der Waals surface area contributed by atoms with Gasteiger partial charge in [-0.15, -0.1) is 0 Å². The zero-order chi connectivity index (χ0) is 22.2. The zero-order valence-electron chi connectivity index (χ0n) is 16.2. The average Bonchev–Trinajstić information content (AvgIpc) is 3.14. The fourth-order valence-electron chi connectivity index (χ4n) is 5.11. The standard InChI is InChI=1S/C20H17F3N2O5/c1-9(26)29-13-7-18(2)14-15(19(13,3)30-18)17(28)25(16(14)27)11-5-4-10(8-24)12(6-11)20(21,22)23/h4-6,13-15H,7H2,1-3H3/t13-,14+,15-,18+,19-/m0/s1. The number of halogens is 3. The summed E-state index contributed by atoms with van der Waals surface area (Å²) in [5.74, 6) is -3.86. The van der Waals surface area contributed by atoms with Crippen LogP contribution in [0.5, 0.6) is 0 Å². The number of hydrogen-bond acceptors (Lipinski definition) is 6. The topological polar surface area (TPSA) is 96.7 Å². The number of nitrogens with zero attached hydrogens (tertiary/aromatic N) is 2. The molecule has 10 heteroatoms. The summed E-state index contributed by atoms with van der Waals surface area (Å²) in [4.78, 5) is 38.6. The highest BCUT2D eigenvalue weighted by atomic mass is 19.4. The Balaban J connectivity index is 1.77. The minimum Gasteiger partial charge on any atom is -0.459 e. The molecule has 0 N–H and O–H groups in total. The molecule has 2 amide bonds. The summed E-state index contributed by atoms with van der Waals surface area (Å²) < 4.78 is 51.4. The first-order valence-electron chi connectivity index (χ1n) is 9.20. The third kappa shape index (κ3) is 2.58. The van der Waals surface area contributed by atoms with E-state index in [4.69, 9.17) is 14.7 Å². The largest absolute Gasteiger partial charge is 0.459 e. The van der Waals surface area contributed by atoms with Crippen LogP contribution in [-0.4, -0.2) is 35.1 Å².